The number of hydrogen-bond donors (Lipinski definition) is 2. The Morgan fingerprint density at radius 2 is 2.03 bits per heavy atom. The monoisotopic (exact) mass is 564 g/mol. The van der Waals surface area contributed by atoms with Crippen molar-refractivity contribution in [3.8, 4) is 22.8 Å². The Hall–Kier alpha value is -2.86. The SMILES string of the molecule is CCOc1ccc(Cl)cc1S(=O)(=O)N1CCC[C@@H](C(=O)Nc2cc(-c3csc(NC)n3)ccc2OC)C1. The third-order valence-corrected chi connectivity index (χ3v) is 9.03. The standard InChI is InChI=1S/C25H29ClN4O5S2/c1-4-35-22-10-8-18(26)13-23(22)37(32,33)30-11-5-6-17(14-30)24(31)28-19-12-16(7-9-21(19)34-3)20-15-36-25(27-2)29-20/h7-10,12-13,15,17H,4-6,11,14H2,1-3H3,(H,27,29)(H,28,31)/t17-/m1/s1. The van der Waals surface area contributed by atoms with Gasteiger partial charge in [-0.05, 0) is 56.2 Å². The summed E-state index contributed by atoms with van der Waals surface area (Å²) in [6, 6.07) is 9.98. The molecule has 0 radical (unpaired) electrons. The Kier molecular flexibility index (Phi) is 8.58. The van der Waals surface area contributed by atoms with Gasteiger partial charge in [0, 0.05) is 36.1 Å². The highest BCUT2D eigenvalue weighted by molar-refractivity contribution is 7.89. The van der Waals surface area contributed by atoms with Crippen molar-refractivity contribution in [2.45, 2.75) is 24.7 Å². The molecule has 9 nitrogen and oxygen atoms in total. The van der Waals surface area contributed by atoms with Crippen LogP contribution >= 0.6 is 22.9 Å². The van der Waals surface area contributed by atoms with Gasteiger partial charge in [0.25, 0.3) is 0 Å². The van der Waals surface area contributed by atoms with Crippen LogP contribution in [0.1, 0.15) is 19.8 Å². The van der Waals surface area contributed by atoms with E-state index in [1.54, 1.807) is 32.2 Å². The molecule has 2 heterocycles. The molecule has 1 atom stereocenters. The number of methoxy groups -OCH3 is 1. The van der Waals surface area contributed by atoms with Gasteiger partial charge in [-0.3, -0.25) is 4.79 Å². The maximum atomic E-state index is 13.5. The highest BCUT2D eigenvalue weighted by atomic mass is 35.5. The molecular weight excluding hydrogens is 536 g/mol. The van der Waals surface area contributed by atoms with Crippen LogP contribution in [0.5, 0.6) is 11.5 Å². The normalized spacial score (nSPS) is 16.3. The summed E-state index contributed by atoms with van der Waals surface area (Å²) in [5.74, 6) is -0.0762. The number of rotatable bonds is 9. The van der Waals surface area contributed by atoms with Crippen LogP contribution in [0, 0.1) is 5.92 Å². The van der Waals surface area contributed by atoms with E-state index >= 15 is 0 Å². The first kappa shape index (κ1) is 27.2. The lowest BCUT2D eigenvalue weighted by Gasteiger charge is -2.31. The van der Waals surface area contributed by atoms with E-state index in [4.69, 9.17) is 21.1 Å². The molecule has 1 amide bonds. The molecule has 2 aromatic carbocycles. The van der Waals surface area contributed by atoms with E-state index in [9.17, 15) is 13.2 Å². The lowest BCUT2D eigenvalue weighted by molar-refractivity contribution is -0.120. The molecule has 0 aliphatic carbocycles. The maximum Gasteiger partial charge on any atom is 0.246 e. The number of ether oxygens (including phenoxy) is 2. The lowest BCUT2D eigenvalue weighted by atomic mass is 9.98. The highest BCUT2D eigenvalue weighted by Gasteiger charge is 2.35. The molecule has 1 fully saturated rings. The first-order valence-corrected chi connectivity index (χ1v) is 14.5. The van der Waals surface area contributed by atoms with Gasteiger partial charge >= 0.3 is 0 Å². The fraction of sp³-hybridized carbons (Fsp3) is 0.360. The molecule has 1 aromatic heterocycles. The average molecular weight is 565 g/mol. The van der Waals surface area contributed by atoms with Gasteiger partial charge in [-0.15, -0.1) is 11.3 Å². The number of carbonyl (C=O) groups is 1. The van der Waals surface area contributed by atoms with Crippen molar-refractivity contribution in [2.24, 2.45) is 5.92 Å². The average Bonchev–Trinajstić information content (AvgIpc) is 3.39. The van der Waals surface area contributed by atoms with Crippen LogP contribution in [-0.2, 0) is 14.8 Å². The molecule has 0 saturated carbocycles. The number of sulfonamides is 1. The molecule has 198 valence electrons. The van der Waals surface area contributed by atoms with Gasteiger partial charge in [0.2, 0.25) is 15.9 Å². The summed E-state index contributed by atoms with van der Waals surface area (Å²) in [6.07, 6.45) is 1.11. The van der Waals surface area contributed by atoms with Gasteiger partial charge in [0.1, 0.15) is 16.4 Å². The molecule has 12 heteroatoms. The number of anilines is 2. The van der Waals surface area contributed by atoms with Gasteiger partial charge in [-0.1, -0.05) is 11.6 Å². The van der Waals surface area contributed by atoms with Crippen molar-refractivity contribution in [3.63, 3.8) is 0 Å². The predicted octanol–water partition coefficient (Wildman–Crippen LogP) is 4.95. The van der Waals surface area contributed by atoms with Crippen molar-refractivity contribution >= 4 is 49.7 Å². The van der Waals surface area contributed by atoms with Gasteiger partial charge in [-0.2, -0.15) is 4.31 Å². The minimum atomic E-state index is -3.93. The predicted molar refractivity (Wildman–Crippen MR) is 146 cm³/mol. The summed E-state index contributed by atoms with van der Waals surface area (Å²) in [6.45, 7) is 2.45. The highest BCUT2D eigenvalue weighted by Crippen LogP contribution is 2.35. The zero-order chi connectivity index (χ0) is 26.6. The number of carbonyl (C=O) groups excluding carboxylic acids is 1. The van der Waals surface area contributed by atoms with E-state index in [1.165, 1.54) is 28.8 Å². The van der Waals surface area contributed by atoms with Gasteiger partial charge in [0.05, 0.1) is 31.0 Å². The van der Waals surface area contributed by atoms with E-state index in [0.717, 1.165) is 16.4 Å². The van der Waals surface area contributed by atoms with Crippen LogP contribution in [0.4, 0.5) is 10.8 Å². The Morgan fingerprint density at radius 1 is 1.24 bits per heavy atom. The number of hydrogen-bond acceptors (Lipinski definition) is 8. The number of nitrogens with zero attached hydrogens (tertiary/aromatic N) is 2. The Balaban J connectivity index is 1.54. The van der Waals surface area contributed by atoms with Crippen LogP contribution in [0.2, 0.25) is 5.02 Å². The van der Waals surface area contributed by atoms with Crippen molar-refractivity contribution in [1.82, 2.24) is 9.29 Å². The van der Waals surface area contributed by atoms with E-state index in [2.05, 4.69) is 15.6 Å². The summed E-state index contributed by atoms with van der Waals surface area (Å²) >= 11 is 7.59. The summed E-state index contributed by atoms with van der Waals surface area (Å²) in [5, 5.41) is 8.96. The van der Waals surface area contributed by atoms with E-state index in [0.29, 0.717) is 42.5 Å². The van der Waals surface area contributed by atoms with Crippen molar-refractivity contribution in [3.05, 3.63) is 46.8 Å². The number of amides is 1. The molecule has 4 rings (SSSR count). The van der Waals surface area contributed by atoms with Crippen LogP contribution in [0.15, 0.2) is 46.7 Å². The number of halogens is 1. The van der Waals surface area contributed by atoms with Gasteiger partial charge in [-0.25, -0.2) is 13.4 Å². The molecule has 0 unspecified atom stereocenters. The van der Waals surface area contributed by atoms with E-state index in [1.807, 2.05) is 17.5 Å². The number of thiazole rings is 1. The second kappa shape index (κ2) is 11.7. The molecule has 1 aliphatic rings. The summed E-state index contributed by atoms with van der Waals surface area (Å²) in [5.41, 5.74) is 2.10. The van der Waals surface area contributed by atoms with Gasteiger partial charge in [0.15, 0.2) is 5.13 Å². The smallest absolute Gasteiger partial charge is 0.246 e. The zero-order valence-electron chi connectivity index (χ0n) is 20.8. The van der Waals surface area contributed by atoms with Crippen LogP contribution < -0.4 is 20.1 Å². The quantitative estimate of drug-likeness (QED) is 0.378. The molecule has 0 spiro atoms. The van der Waals surface area contributed by atoms with Crippen LogP contribution in [0.25, 0.3) is 11.3 Å². The first-order chi connectivity index (χ1) is 17.8. The number of benzene rings is 2. The third-order valence-electron chi connectivity index (χ3n) is 6.05. The Morgan fingerprint density at radius 3 is 2.73 bits per heavy atom. The van der Waals surface area contributed by atoms with Crippen molar-refractivity contribution in [2.75, 3.05) is 44.5 Å². The number of nitrogens with one attached hydrogen (secondary N) is 2. The Bertz CT molecular complexity index is 1380. The molecule has 2 N–H and O–H groups in total. The molecule has 3 aromatic rings. The second-order valence-corrected chi connectivity index (χ2v) is 11.6. The van der Waals surface area contributed by atoms with Gasteiger partial charge < -0.3 is 20.1 Å². The number of aromatic nitrogens is 1. The first-order valence-electron chi connectivity index (χ1n) is 11.8. The largest absolute Gasteiger partial charge is 0.495 e. The molecule has 0 bridgehead atoms. The van der Waals surface area contributed by atoms with E-state index < -0.39 is 15.9 Å². The minimum absolute atomic E-state index is 0.00137. The molecule has 37 heavy (non-hydrogen) atoms. The maximum absolute atomic E-state index is 13.5. The topological polar surface area (TPSA) is 110 Å². The Labute approximate surface area is 225 Å². The number of piperidine rings is 1. The third kappa shape index (κ3) is 6.01. The molecule has 1 saturated heterocycles. The second-order valence-electron chi connectivity index (χ2n) is 8.42. The summed E-state index contributed by atoms with van der Waals surface area (Å²) in [7, 11) is -0.591. The lowest BCUT2D eigenvalue weighted by Crippen LogP contribution is -2.43. The van der Waals surface area contributed by atoms with E-state index in [-0.39, 0.29) is 23.1 Å². The summed E-state index contributed by atoms with van der Waals surface area (Å²) < 4.78 is 39.4. The fourth-order valence-electron chi connectivity index (χ4n) is 4.19. The minimum Gasteiger partial charge on any atom is -0.495 e. The van der Waals surface area contributed by atoms with Crippen molar-refractivity contribution in [1.29, 1.82) is 0 Å². The summed E-state index contributed by atoms with van der Waals surface area (Å²) in [4.78, 5) is 17.8. The fourth-order valence-corrected chi connectivity index (χ4v) is 6.79. The zero-order valence-corrected chi connectivity index (χ0v) is 23.2. The van der Waals surface area contributed by atoms with Crippen molar-refractivity contribution < 1.29 is 22.7 Å². The molecule has 1 aliphatic heterocycles. The molecular formula is C25H29ClN4O5S2. The van der Waals surface area contributed by atoms with Crippen LogP contribution in [-0.4, -0.2) is 57.5 Å². The van der Waals surface area contributed by atoms with Crippen LogP contribution in [0.3, 0.4) is 0 Å².